The van der Waals surface area contributed by atoms with Crippen LogP contribution in [0.15, 0.2) is 18.2 Å². The van der Waals surface area contributed by atoms with E-state index in [0.717, 1.165) is 25.9 Å². The van der Waals surface area contributed by atoms with Gasteiger partial charge in [-0.05, 0) is 31.2 Å². The van der Waals surface area contributed by atoms with E-state index in [9.17, 15) is 0 Å². The molecular weight excluding hydrogens is 281 g/mol. The molecule has 0 atom stereocenters. The first-order valence-electron chi connectivity index (χ1n) is 6.41. The second kappa shape index (κ2) is 9.09. The van der Waals surface area contributed by atoms with E-state index in [1.165, 1.54) is 0 Å². The maximum atomic E-state index is 6.03. The van der Waals surface area contributed by atoms with Crippen LogP contribution in [0.2, 0.25) is 10.0 Å². The van der Waals surface area contributed by atoms with Crippen LogP contribution in [-0.4, -0.2) is 31.1 Å². The van der Waals surface area contributed by atoms with Crippen LogP contribution in [0.1, 0.15) is 19.8 Å². The number of hydrogen-bond donors (Lipinski definition) is 0. The highest BCUT2D eigenvalue weighted by atomic mass is 35.5. The number of hydrogen-bond acceptors (Lipinski definition) is 2. The maximum absolute atomic E-state index is 6.03. The molecule has 0 saturated carbocycles. The third-order valence-electron chi connectivity index (χ3n) is 2.70. The van der Waals surface area contributed by atoms with Crippen LogP contribution in [0.5, 0.6) is 5.75 Å². The summed E-state index contributed by atoms with van der Waals surface area (Å²) in [5.41, 5.74) is 0. The van der Waals surface area contributed by atoms with E-state index in [2.05, 4.69) is 17.7 Å². The summed E-state index contributed by atoms with van der Waals surface area (Å²) in [5, 5.41) is 1.14. The predicted octanol–water partition coefficient (Wildman–Crippen LogP) is 4.11. The number of nitrogens with zero attached hydrogens (tertiary/aromatic N) is 1. The van der Waals surface area contributed by atoms with Gasteiger partial charge in [0.2, 0.25) is 0 Å². The fourth-order valence-corrected chi connectivity index (χ4v) is 2.12. The smallest absolute Gasteiger partial charge is 0.138 e. The first kappa shape index (κ1) is 16.2. The van der Waals surface area contributed by atoms with E-state index in [1.807, 2.05) is 0 Å². The molecule has 0 spiro atoms. The van der Waals surface area contributed by atoms with Crippen LogP contribution < -0.4 is 4.74 Å². The largest absolute Gasteiger partial charge is 0.491 e. The fraction of sp³-hybridized carbons (Fsp3) is 0.467. The van der Waals surface area contributed by atoms with Crippen LogP contribution in [0.4, 0.5) is 0 Å². The maximum Gasteiger partial charge on any atom is 0.138 e. The molecule has 0 aliphatic rings. The highest BCUT2D eigenvalue weighted by Crippen LogP contribution is 2.27. The summed E-state index contributed by atoms with van der Waals surface area (Å²) < 4.78 is 5.65. The molecule has 0 unspecified atom stereocenters. The molecule has 1 aromatic rings. The topological polar surface area (TPSA) is 12.5 Å². The lowest BCUT2D eigenvalue weighted by molar-refractivity contribution is 0.223. The Labute approximate surface area is 125 Å². The van der Waals surface area contributed by atoms with Crippen molar-refractivity contribution in [3.05, 3.63) is 28.2 Å². The molecule has 4 heteroatoms. The van der Waals surface area contributed by atoms with Gasteiger partial charge in [0.25, 0.3) is 0 Å². The van der Waals surface area contributed by atoms with Gasteiger partial charge in [-0.3, -0.25) is 4.90 Å². The van der Waals surface area contributed by atoms with Crippen molar-refractivity contribution in [2.75, 3.05) is 26.2 Å². The summed E-state index contributed by atoms with van der Waals surface area (Å²) in [6.07, 6.45) is 7.66. The molecule has 0 aliphatic carbocycles. The summed E-state index contributed by atoms with van der Waals surface area (Å²) in [5.74, 6) is 3.33. The Hall–Kier alpha value is -0.880. The van der Waals surface area contributed by atoms with E-state index in [1.54, 1.807) is 18.2 Å². The van der Waals surface area contributed by atoms with Gasteiger partial charge in [0.15, 0.2) is 0 Å². The Morgan fingerprint density at radius 3 is 2.74 bits per heavy atom. The average Bonchev–Trinajstić information content (AvgIpc) is 2.38. The fourth-order valence-electron chi connectivity index (χ4n) is 1.66. The van der Waals surface area contributed by atoms with Gasteiger partial charge in [0.05, 0.1) is 11.6 Å². The van der Waals surface area contributed by atoms with Gasteiger partial charge in [0, 0.05) is 11.6 Å². The normalized spacial score (nSPS) is 10.5. The van der Waals surface area contributed by atoms with Crippen LogP contribution in [0.3, 0.4) is 0 Å². The van der Waals surface area contributed by atoms with Gasteiger partial charge in [-0.2, -0.15) is 0 Å². The third kappa shape index (κ3) is 6.20. The second-order valence-corrected chi connectivity index (χ2v) is 5.10. The minimum atomic E-state index is 0.532. The zero-order chi connectivity index (χ0) is 14.1. The van der Waals surface area contributed by atoms with Crippen molar-refractivity contribution in [3.8, 4) is 18.1 Å². The van der Waals surface area contributed by atoms with Crippen molar-refractivity contribution in [3.63, 3.8) is 0 Å². The predicted molar refractivity (Wildman–Crippen MR) is 82.1 cm³/mol. The number of benzene rings is 1. The monoisotopic (exact) mass is 299 g/mol. The molecule has 2 nitrogen and oxygen atoms in total. The molecule has 0 bridgehead atoms. The van der Waals surface area contributed by atoms with Crippen molar-refractivity contribution in [2.24, 2.45) is 0 Å². The number of halogens is 2. The van der Waals surface area contributed by atoms with Crippen LogP contribution in [0, 0.1) is 12.3 Å². The summed E-state index contributed by atoms with van der Waals surface area (Å²) in [7, 11) is 0. The molecule has 0 fully saturated rings. The molecule has 0 radical (unpaired) electrons. The lowest BCUT2D eigenvalue weighted by atomic mass is 10.3. The van der Waals surface area contributed by atoms with Crippen molar-refractivity contribution in [2.45, 2.75) is 19.8 Å². The number of rotatable bonds is 8. The molecule has 104 valence electrons. The second-order valence-electron chi connectivity index (χ2n) is 4.26. The average molecular weight is 300 g/mol. The van der Waals surface area contributed by atoms with E-state index < -0.39 is 0 Å². The van der Waals surface area contributed by atoms with Crippen LogP contribution in [-0.2, 0) is 0 Å². The Bertz CT molecular complexity index is 429. The van der Waals surface area contributed by atoms with E-state index in [-0.39, 0.29) is 0 Å². The quantitative estimate of drug-likeness (QED) is 0.670. The van der Waals surface area contributed by atoms with E-state index in [4.69, 9.17) is 34.4 Å². The molecule has 0 N–H and O–H groups in total. The first-order chi connectivity index (χ1) is 9.17. The van der Waals surface area contributed by atoms with Crippen molar-refractivity contribution in [1.82, 2.24) is 4.90 Å². The summed E-state index contributed by atoms with van der Waals surface area (Å²) in [4.78, 5) is 2.20. The highest BCUT2D eigenvalue weighted by molar-refractivity contribution is 6.35. The van der Waals surface area contributed by atoms with Gasteiger partial charge in [0.1, 0.15) is 12.4 Å². The Morgan fingerprint density at radius 2 is 2.11 bits per heavy atom. The van der Waals surface area contributed by atoms with E-state index >= 15 is 0 Å². The molecule has 0 saturated heterocycles. The highest BCUT2D eigenvalue weighted by Gasteiger charge is 2.05. The molecular formula is C15H19Cl2NO. The van der Waals surface area contributed by atoms with Crippen molar-refractivity contribution >= 4 is 23.2 Å². The minimum Gasteiger partial charge on any atom is -0.491 e. The Morgan fingerprint density at radius 1 is 1.32 bits per heavy atom. The Kier molecular flexibility index (Phi) is 7.74. The van der Waals surface area contributed by atoms with Gasteiger partial charge >= 0.3 is 0 Å². The number of ether oxygens (including phenoxy) is 1. The van der Waals surface area contributed by atoms with Crippen LogP contribution in [0.25, 0.3) is 0 Å². The van der Waals surface area contributed by atoms with Crippen LogP contribution >= 0.6 is 23.2 Å². The molecule has 19 heavy (non-hydrogen) atoms. The number of terminal acetylenes is 1. The Balaban J connectivity index is 2.40. The SMILES string of the molecule is C#CCN(CCCC)CCOc1ccc(Cl)cc1Cl. The van der Waals surface area contributed by atoms with Gasteiger partial charge in [-0.25, -0.2) is 0 Å². The molecule has 1 aromatic carbocycles. The standard InChI is InChI=1S/C15H19Cl2NO/c1-3-5-9-18(8-4-2)10-11-19-15-7-6-13(16)12-14(15)17/h2,6-7,12H,3,5,8-11H2,1H3. The molecule has 1 rings (SSSR count). The van der Waals surface area contributed by atoms with Gasteiger partial charge in [-0.1, -0.05) is 42.5 Å². The molecule has 0 heterocycles. The lowest BCUT2D eigenvalue weighted by Crippen LogP contribution is -2.29. The summed E-state index contributed by atoms with van der Waals surface area (Å²) >= 11 is 11.9. The van der Waals surface area contributed by atoms with Gasteiger partial charge in [-0.15, -0.1) is 6.42 Å². The lowest BCUT2D eigenvalue weighted by Gasteiger charge is -2.19. The molecule has 0 aliphatic heterocycles. The van der Waals surface area contributed by atoms with Gasteiger partial charge < -0.3 is 4.74 Å². The molecule has 0 aromatic heterocycles. The summed E-state index contributed by atoms with van der Waals surface area (Å²) in [6.45, 7) is 5.17. The van der Waals surface area contributed by atoms with Crippen molar-refractivity contribution in [1.29, 1.82) is 0 Å². The summed E-state index contributed by atoms with van der Waals surface area (Å²) in [6, 6.07) is 5.22. The zero-order valence-electron chi connectivity index (χ0n) is 11.2. The first-order valence-corrected chi connectivity index (χ1v) is 7.16. The zero-order valence-corrected chi connectivity index (χ0v) is 12.7. The molecule has 0 amide bonds. The third-order valence-corrected chi connectivity index (χ3v) is 3.23. The minimum absolute atomic E-state index is 0.532. The van der Waals surface area contributed by atoms with E-state index in [0.29, 0.717) is 28.9 Å². The van der Waals surface area contributed by atoms with Crippen molar-refractivity contribution < 1.29 is 4.74 Å². The number of unbranched alkanes of at least 4 members (excludes halogenated alkanes) is 1.